The van der Waals surface area contributed by atoms with Gasteiger partial charge in [0.05, 0.1) is 0 Å². The van der Waals surface area contributed by atoms with E-state index in [9.17, 15) is 46.0 Å². The van der Waals surface area contributed by atoms with E-state index in [4.69, 9.17) is 4.74 Å². The first kappa shape index (κ1) is 43.1. The molecule has 0 fully saturated rings. The zero-order valence-electron chi connectivity index (χ0n) is 36.8. The van der Waals surface area contributed by atoms with E-state index in [1.54, 1.807) is 97.1 Å². The molecule has 0 saturated carbocycles. The monoisotopic (exact) mass is 902 g/mol. The van der Waals surface area contributed by atoms with Crippen molar-refractivity contribution in [3.8, 4) is 57.5 Å². The summed E-state index contributed by atoms with van der Waals surface area (Å²) in [6, 6.07) is 41.2. The lowest BCUT2D eigenvalue weighted by atomic mass is 9.92. The average molecular weight is 903 g/mol. The molecule has 10 aromatic rings. The quantitative estimate of drug-likeness (QED) is 0.0604. The van der Waals surface area contributed by atoms with Crippen LogP contribution in [-0.2, 0) is 32.3 Å². The molecule has 68 heavy (non-hydrogen) atoms. The van der Waals surface area contributed by atoms with Crippen molar-refractivity contribution >= 4 is 43.1 Å². The normalized spacial score (nSPS) is 11.5. The van der Waals surface area contributed by atoms with Crippen molar-refractivity contribution in [2.75, 3.05) is 0 Å². The second-order valence-electron chi connectivity index (χ2n) is 17.7. The third-order valence-electron chi connectivity index (χ3n) is 12.8. The van der Waals surface area contributed by atoms with Crippen molar-refractivity contribution in [2.24, 2.45) is 0 Å². The maximum atomic E-state index is 12.0. The number of aromatic hydroxyl groups is 9. The lowest BCUT2D eigenvalue weighted by Crippen LogP contribution is -2.06. The molecule has 0 heterocycles. The predicted octanol–water partition coefficient (Wildman–Crippen LogP) is 11.9. The van der Waals surface area contributed by atoms with Crippen molar-refractivity contribution in [3.05, 3.63) is 201 Å². The Labute approximate surface area is 390 Å². The van der Waals surface area contributed by atoms with Crippen LogP contribution in [0.25, 0.3) is 43.1 Å². The summed E-state index contributed by atoms with van der Waals surface area (Å²) in [4.78, 5) is 0. The highest BCUT2D eigenvalue weighted by Gasteiger charge is 2.21. The standard InChI is InChI=1S/C58H46O10/c1-31-14-45(22-41-18-33-6-8-47(59)26-39(33)28-53(41)63)58(46(15-31)23-42-19-34-7-9-48(60)27-40(34)29-54(42)64)68-30-32-16-43(20-37-4-2-35-24-49(61)10-12-51(35)56(37)66)55(65)44(17-32)21-38-5-3-36-25-50(62)11-13-52(36)57(38)67/h2-19,24-29,59-67H,20-23,30H2,1H3. The van der Waals surface area contributed by atoms with Crippen molar-refractivity contribution in [1.29, 1.82) is 0 Å². The van der Waals surface area contributed by atoms with Crippen LogP contribution in [0.2, 0.25) is 0 Å². The summed E-state index contributed by atoms with van der Waals surface area (Å²) in [5, 5.41) is 104. The number of rotatable bonds is 11. The Morgan fingerprint density at radius 1 is 0.324 bits per heavy atom. The van der Waals surface area contributed by atoms with Gasteiger partial charge in [0, 0.05) is 36.5 Å². The second-order valence-corrected chi connectivity index (χ2v) is 17.7. The van der Waals surface area contributed by atoms with Gasteiger partial charge in [0.1, 0.15) is 64.1 Å². The lowest BCUT2D eigenvalue weighted by molar-refractivity contribution is 0.300. The van der Waals surface area contributed by atoms with Crippen molar-refractivity contribution in [1.82, 2.24) is 0 Å². The van der Waals surface area contributed by atoms with Crippen LogP contribution in [0, 0.1) is 6.92 Å². The van der Waals surface area contributed by atoms with Crippen LogP contribution in [0.5, 0.6) is 57.5 Å². The van der Waals surface area contributed by atoms with Crippen LogP contribution in [-0.4, -0.2) is 46.0 Å². The van der Waals surface area contributed by atoms with Gasteiger partial charge in [-0.3, -0.25) is 0 Å². The zero-order chi connectivity index (χ0) is 47.4. The molecule has 9 N–H and O–H groups in total. The topological polar surface area (TPSA) is 191 Å². The summed E-state index contributed by atoms with van der Waals surface area (Å²) in [6.07, 6.45) is 0.772. The largest absolute Gasteiger partial charge is 0.508 e. The fraction of sp³-hybridized carbons (Fsp3) is 0.103. The van der Waals surface area contributed by atoms with E-state index in [0.29, 0.717) is 77.0 Å². The van der Waals surface area contributed by atoms with Gasteiger partial charge in [-0.2, -0.15) is 0 Å². The Balaban J connectivity index is 1.07. The zero-order valence-corrected chi connectivity index (χ0v) is 36.8. The van der Waals surface area contributed by atoms with Gasteiger partial charge in [-0.25, -0.2) is 0 Å². The van der Waals surface area contributed by atoms with Crippen molar-refractivity contribution < 1.29 is 50.7 Å². The number of aryl methyl sites for hydroxylation is 1. The smallest absolute Gasteiger partial charge is 0.126 e. The number of benzene rings is 10. The molecule has 0 aliphatic heterocycles. The molecule has 0 saturated heterocycles. The maximum absolute atomic E-state index is 12.0. The molecule has 0 aromatic heterocycles. The van der Waals surface area contributed by atoms with Gasteiger partial charge in [-0.05, 0) is 186 Å². The van der Waals surface area contributed by atoms with E-state index in [-0.39, 0.29) is 84.0 Å². The van der Waals surface area contributed by atoms with E-state index < -0.39 is 0 Å². The Kier molecular flexibility index (Phi) is 10.9. The first-order valence-corrected chi connectivity index (χ1v) is 22.1. The molecule has 0 aliphatic carbocycles. The Morgan fingerprint density at radius 3 is 1.18 bits per heavy atom. The number of fused-ring (bicyclic) bond motifs is 4. The van der Waals surface area contributed by atoms with Gasteiger partial charge in [0.25, 0.3) is 0 Å². The third-order valence-corrected chi connectivity index (χ3v) is 12.8. The van der Waals surface area contributed by atoms with E-state index in [1.165, 1.54) is 12.1 Å². The van der Waals surface area contributed by atoms with Gasteiger partial charge in [0.15, 0.2) is 0 Å². The Morgan fingerprint density at radius 2 is 0.721 bits per heavy atom. The van der Waals surface area contributed by atoms with Crippen LogP contribution >= 0.6 is 0 Å². The van der Waals surface area contributed by atoms with Gasteiger partial charge in [-0.15, -0.1) is 0 Å². The number of hydrogen-bond acceptors (Lipinski definition) is 10. The maximum Gasteiger partial charge on any atom is 0.126 e. The molecular weight excluding hydrogens is 857 g/mol. The van der Waals surface area contributed by atoms with E-state index in [2.05, 4.69) is 0 Å². The number of phenolic OH excluding ortho intramolecular Hbond substituents is 9. The Bertz CT molecular complexity index is 3420. The van der Waals surface area contributed by atoms with Gasteiger partial charge < -0.3 is 50.7 Å². The SMILES string of the molecule is Cc1cc(Cc2cc3ccc(O)cc3cc2O)c(OCc2cc(Cc3ccc4cc(O)ccc4c3O)c(O)c(Cc3ccc4cc(O)ccc4c3O)c2)c(Cc2cc3ccc(O)cc3cc2O)c1. The summed E-state index contributed by atoms with van der Waals surface area (Å²) in [7, 11) is 0. The van der Waals surface area contributed by atoms with Crippen molar-refractivity contribution in [3.63, 3.8) is 0 Å². The minimum atomic E-state index is -0.0268. The summed E-state index contributed by atoms with van der Waals surface area (Å²) in [5.41, 5.74) is 6.42. The predicted molar refractivity (Wildman–Crippen MR) is 264 cm³/mol. The summed E-state index contributed by atoms with van der Waals surface area (Å²) in [6.45, 7) is 1.97. The highest BCUT2D eigenvalue weighted by Crippen LogP contribution is 2.41. The molecule has 10 aromatic carbocycles. The van der Waals surface area contributed by atoms with Crippen LogP contribution in [0.15, 0.2) is 146 Å². The molecule has 0 unspecified atom stereocenters. The molecule has 10 heteroatoms. The summed E-state index contributed by atoms with van der Waals surface area (Å²) < 4.78 is 6.92. The second kappa shape index (κ2) is 17.2. The molecule has 338 valence electrons. The molecule has 0 spiro atoms. The molecular formula is C58H46O10. The minimum Gasteiger partial charge on any atom is -0.508 e. The number of hydrogen-bond donors (Lipinski definition) is 9. The molecule has 10 rings (SSSR count). The fourth-order valence-corrected chi connectivity index (χ4v) is 9.44. The van der Waals surface area contributed by atoms with Gasteiger partial charge in [-0.1, -0.05) is 54.1 Å². The molecule has 0 atom stereocenters. The summed E-state index contributed by atoms with van der Waals surface area (Å²) in [5.74, 6) is 0.915. The van der Waals surface area contributed by atoms with E-state index in [1.807, 2.05) is 43.3 Å². The van der Waals surface area contributed by atoms with Crippen LogP contribution in [0.1, 0.15) is 55.6 Å². The fourth-order valence-electron chi connectivity index (χ4n) is 9.44. The molecule has 0 radical (unpaired) electrons. The highest BCUT2D eigenvalue weighted by atomic mass is 16.5. The third kappa shape index (κ3) is 8.47. The number of phenols is 9. The summed E-state index contributed by atoms with van der Waals surface area (Å²) >= 11 is 0. The van der Waals surface area contributed by atoms with Crippen molar-refractivity contribution in [2.45, 2.75) is 39.2 Å². The highest BCUT2D eigenvalue weighted by molar-refractivity contribution is 5.92. The molecule has 0 bridgehead atoms. The molecule has 10 nitrogen and oxygen atoms in total. The Hall–Kier alpha value is -8.76. The average Bonchev–Trinajstić information content (AvgIpc) is 3.29. The first-order chi connectivity index (χ1) is 32.7. The van der Waals surface area contributed by atoms with Gasteiger partial charge >= 0.3 is 0 Å². The van der Waals surface area contributed by atoms with Crippen LogP contribution < -0.4 is 4.74 Å². The first-order valence-electron chi connectivity index (χ1n) is 22.1. The minimum absolute atomic E-state index is 0.00125. The molecule has 0 aliphatic rings. The van der Waals surface area contributed by atoms with Crippen LogP contribution in [0.3, 0.4) is 0 Å². The molecule has 0 amide bonds. The number of ether oxygens (including phenoxy) is 1. The van der Waals surface area contributed by atoms with E-state index in [0.717, 1.165) is 27.5 Å². The lowest BCUT2D eigenvalue weighted by Gasteiger charge is -2.20. The van der Waals surface area contributed by atoms with Crippen LogP contribution in [0.4, 0.5) is 0 Å². The van der Waals surface area contributed by atoms with Gasteiger partial charge in [0.2, 0.25) is 0 Å². The van der Waals surface area contributed by atoms with E-state index >= 15 is 0 Å².